The predicted molar refractivity (Wildman–Crippen MR) is 183 cm³/mol. The van der Waals surface area contributed by atoms with E-state index in [1.165, 1.54) is 23.9 Å². The van der Waals surface area contributed by atoms with E-state index in [1.54, 1.807) is 62.4 Å². The van der Waals surface area contributed by atoms with Crippen molar-refractivity contribution < 1.29 is 33.0 Å². The van der Waals surface area contributed by atoms with E-state index in [9.17, 15) is 18.8 Å². The Balaban J connectivity index is 1.24. The number of thioether (sulfide) groups is 1. The Morgan fingerprint density at radius 1 is 0.917 bits per heavy atom. The number of amides is 3. The molecule has 2 atom stereocenters. The monoisotopic (exact) mass is 670 g/mol. The van der Waals surface area contributed by atoms with Gasteiger partial charge in [-0.05, 0) is 72.5 Å². The lowest BCUT2D eigenvalue weighted by Crippen LogP contribution is -2.41. The molecule has 0 spiro atoms. The minimum Gasteiger partial charge on any atom is -0.493 e. The summed E-state index contributed by atoms with van der Waals surface area (Å²) in [6.45, 7) is 1.97. The molecule has 12 heteroatoms. The number of carbonyl (C=O) groups excluding carboxylic acids is 3. The third-order valence-electron chi connectivity index (χ3n) is 7.47. The zero-order valence-corrected chi connectivity index (χ0v) is 27.5. The quantitative estimate of drug-likeness (QED) is 0.173. The van der Waals surface area contributed by atoms with Crippen LogP contribution in [0.25, 0.3) is 0 Å². The summed E-state index contributed by atoms with van der Waals surface area (Å²) < 4.78 is 29.9. The summed E-state index contributed by atoms with van der Waals surface area (Å²) in [5, 5.41) is 5.14. The number of nitrogens with zero attached hydrogens (tertiary/aromatic N) is 2. The van der Waals surface area contributed by atoms with Crippen molar-refractivity contribution in [2.45, 2.75) is 31.2 Å². The molecule has 1 aliphatic heterocycles. The molecule has 1 unspecified atom stereocenters. The zero-order chi connectivity index (χ0) is 34.0. The van der Waals surface area contributed by atoms with Gasteiger partial charge in [0.05, 0.1) is 19.9 Å². The smallest absolute Gasteiger partial charge is 0.408 e. The summed E-state index contributed by atoms with van der Waals surface area (Å²) in [7, 11) is 3.13. The first-order valence-electron chi connectivity index (χ1n) is 15.1. The first-order valence-corrected chi connectivity index (χ1v) is 16.0. The summed E-state index contributed by atoms with van der Waals surface area (Å²) in [6, 6.07) is 26.7. The molecule has 0 bridgehead atoms. The topological polar surface area (TPSA) is 119 Å². The van der Waals surface area contributed by atoms with E-state index in [-0.39, 0.29) is 12.5 Å². The van der Waals surface area contributed by atoms with Crippen molar-refractivity contribution >= 4 is 46.2 Å². The van der Waals surface area contributed by atoms with Crippen molar-refractivity contribution in [2.24, 2.45) is 4.99 Å². The van der Waals surface area contributed by atoms with Crippen LogP contribution in [0.2, 0.25) is 0 Å². The van der Waals surface area contributed by atoms with Gasteiger partial charge in [0.15, 0.2) is 16.7 Å². The fraction of sp³-hybridized carbons (Fsp3) is 0.222. The Hall–Kier alpha value is -5.36. The van der Waals surface area contributed by atoms with Gasteiger partial charge in [-0.15, -0.1) is 0 Å². The van der Waals surface area contributed by atoms with Gasteiger partial charge < -0.3 is 24.8 Å². The highest BCUT2D eigenvalue weighted by Gasteiger charge is 2.39. The zero-order valence-electron chi connectivity index (χ0n) is 26.6. The number of amidine groups is 1. The Kier molecular flexibility index (Phi) is 11.3. The Labute approximate surface area is 282 Å². The summed E-state index contributed by atoms with van der Waals surface area (Å²) in [5.74, 6) is 0.167. The van der Waals surface area contributed by atoms with E-state index < -0.39 is 29.1 Å². The molecule has 1 heterocycles. The first-order chi connectivity index (χ1) is 23.2. The minimum absolute atomic E-state index is 0.0860. The summed E-state index contributed by atoms with van der Waals surface area (Å²) >= 11 is 1.27. The van der Waals surface area contributed by atoms with Crippen LogP contribution >= 0.6 is 11.8 Å². The SMILES string of the molecule is COc1ccc(CCN2C(=O)C(c3ccc(NC(=O)[C@H](C)NC(=O)OCc4ccccc4)cc3)SC2=Nc2cccc(F)c2)cc1OC. The molecule has 1 saturated heterocycles. The number of nitrogens with one attached hydrogen (secondary N) is 2. The molecule has 4 aromatic rings. The number of aliphatic imine (C=N–C) groups is 1. The Morgan fingerprint density at radius 2 is 1.67 bits per heavy atom. The van der Waals surface area contributed by atoms with Gasteiger partial charge in [-0.25, -0.2) is 14.2 Å². The van der Waals surface area contributed by atoms with Crippen molar-refractivity contribution in [3.8, 4) is 11.5 Å². The number of anilines is 1. The number of hydrogen-bond acceptors (Lipinski definition) is 8. The van der Waals surface area contributed by atoms with Crippen LogP contribution in [0.4, 0.5) is 20.6 Å². The molecule has 3 amide bonds. The van der Waals surface area contributed by atoms with Gasteiger partial charge >= 0.3 is 6.09 Å². The average molecular weight is 671 g/mol. The van der Waals surface area contributed by atoms with Gasteiger partial charge in [0.2, 0.25) is 11.8 Å². The molecule has 4 aromatic carbocycles. The molecule has 5 rings (SSSR count). The van der Waals surface area contributed by atoms with E-state index >= 15 is 0 Å². The summed E-state index contributed by atoms with van der Waals surface area (Å²) in [5.41, 5.74) is 3.36. The maximum absolute atomic E-state index is 14.0. The second kappa shape index (κ2) is 16.0. The molecule has 10 nitrogen and oxygen atoms in total. The third-order valence-corrected chi connectivity index (χ3v) is 8.70. The largest absolute Gasteiger partial charge is 0.493 e. The van der Waals surface area contributed by atoms with Crippen molar-refractivity contribution in [1.82, 2.24) is 10.2 Å². The van der Waals surface area contributed by atoms with Crippen molar-refractivity contribution in [1.29, 1.82) is 0 Å². The highest BCUT2D eigenvalue weighted by Crippen LogP contribution is 2.41. The number of halogens is 1. The van der Waals surface area contributed by atoms with Crippen LogP contribution in [0.3, 0.4) is 0 Å². The van der Waals surface area contributed by atoms with Crippen molar-refractivity contribution in [2.75, 3.05) is 26.1 Å². The van der Waals surface area contributed by atoms with Crippen LogP contribution in [-0.4, -0.2) is 54.8 Å². The molecule has 0 saturated carbocycles. The molecular formula is C36H35FN4O6S. The van der Waals surface area contributed by atoms with Gasteiger partial charge in [-0.1, -0.05) is 66.4 Å². The summed E-state index contributed by atoms with van der Waals surface area (Å²) in [6.07, 6.45) is -0.196. The fourth-order valence-corrected chi connectivity index (χ4v) is 6.09. The molecule has 48 heavy (non-hydrogen) atoms. The normalized spacial score (nSPS) is 15.6. The predicted octanol–water partition coefficient (Wildman–Crippen LogP) is 6.64. The van der Waals surface area contributed by atoms with E-state index in [2.05, 4.69) is 15.6 Å². The molecule has 0 aromatic heterocycles. The number of carbonyl (C=O) groups is 3. The molecule has 0 radical (unpaired) electrons. The highest BCUT2D eigenvalue weighted by atomic mass is 32.2. The minimum atomic E-state index is -0.860. The third kappa shape index (κ3) is 8.71. The average Bonchev–Trinajstić information content (AvgIpc) is 3.40. The number of benzene rings is 4. The van der Waals surface area contributed by atoms with E-state index in [1.807, 2.05) is 48.5 Å². The number of alkyl carbamates (subject to hydrolysis) is 1. The molecule has 1 fully saturated rings. The first kappa shape index (κ1) is 34.0. The highest BCUT2D eigenvalue weighted by molar-refractivity contribution is 8.15. The Morgan fingerprint density at radius 3 is 2.38 bits per heavy atom. The molecule has 2 N–H and O–H groups in total. The van der Waals surface area contributed by atoms with Crippen LogP contribution in [0.5, 0.6) is 11.5 Å². The molecule has 0 aliphatic carbocycles. The summed E-state index contributed by atoms with van der Waals surface area (Å²) in [4.78, 5) is 45.0. The number of hydrogen-bond donors (Lipinski definition) is 2. The lowest BCUT2D eigenvalue weighted by Gasteiger charge is -2.17. The second-order valence-corrected chi connectivity index (χ2v) is 11.9. The molecule has 248 valence electrons. The molecular weight excluding hydrogens is 635 g/mol. The lowest BCUT2D eigenvalue weighted by molar-refractivity contribution is -0.126. The maximum Gasteiger partial charge on any atom is 0.408 e. The van der Waals surface area contributed by atoms with Crippen molar-refractivity contribution in [3.63, 3.8) is 0 Å². The van der Waals surface area contributed by atoms with E-state index in [0.29, 0.717) is 46.6 Å². The van der Waals surface area contributed by atoms with Gasteiger partial charge in [-0.3, -0.25) is 14.5 Å². The molecule has 1 aliphatic rings. The van der Waals surface area contributed by atoms with Crippen LogP contribution < -0.4 is 20.1 Å². The van der Waals surface area contributed by atoms with E-state index in [0.717, 1.165) is 11.1 Å². The van der Waals surface area contributed by atoms with Crippen LogP contribution in [-0.2, 0) is 27.4 Å². The van der Waals surface area contributed by atoms with Crippen LogP contribution in [0.1, 0.15) is 28.9 Å². The van der Waals surface area contributed by atoms with Gasteiger partial charge in [0, 0.05) is 12.2 Å². The van der Waals surface area contributed by atoms with Crippen LogP contribution in [0, 0.1) is 5.82 Å². The Bertz CT molecular complexity index is 1790. The number of methoxy groups -OCH3 is 2. The number of ether oxygens (including phenoxy) is 3. The standard InChI is InChI=1S/C36H35FN4O6S/c1-23(38-36(44)47-22-25-8-5-4-6-9-25)33(42)39-28-15-13-26(14-16-28)32-34(43)41(35(48-32)40-29-11-7-10-27(37)21-29)19-18-24-12-17-30(45-2)31(20-24)46-3/h4-17,20-21,23,32H,18-19,22H2,1-3H3,(H,38,44)(H,39,42)/t23-,32?/m0/s1. The second-order valence-electron chi connectivity index (χ2n) is 10.8. The van der Waals surface area contributed by atoms with Crippen molar-refractivity contribution in [3.05, 3.63) is 120 Å². The lowest BCUT2D eigenvalue weighted by atomic mass is 10.1. The van der Waals surface area contributed by atoms with Gasteiger partial charge in [-0.2, -0.15) is 0 Å². The van der Waals surface area contributed by atoms with Gasteiger partial charge in [0.1, 0.15) is 23.7 Å². The van der Waals surface area contributed by atoms with E-state index in [4.69, 9.17) is 14.2 Å². The van der Waals surface area contributed by atoms with Gasteiger partial charge in [0.25, 0.3) is 0 Å². The van der Waals surface area contributed by atoms with Crippen LogP contribution in [0.15, 0.2) is 102 Å². The number of rotatable bonds is 12. The fourth-order valence-electron chi connectivity index (χ4n) is 4.89. The maximum atomic E-state index is 14.0.